The molecule has 0 aliphatic heterocycles. The number of benzene rings is 1. The molecular weight excluding hydrogens is 228 g/mol. The number of hydrogen-bond acceptors (Lipinski definition) is 3. The number of ether oxygens (including phenoxy) is 2. The van der Waals surface area contributed by atoms with Crippen LogP contribution in [-0.4, -0.2) is 19.7 Å². The molecule has 1 aromatic rings. The molecule has 1 aromatic carbocycles. The predicted molar refractivity (Wildman–Crippen MR) is 72.3 cm³/mol. The first kappa shape index (κ1) is 14.6. The van der Waals surface area contributed by atoms with Gasteiger partial charge in [-0.3, -0.25) is 0 Å². The van der Waals surface area contributed by atoms with Crippen LogP contribution in [0.15, 0.2) is 18.2 Å². The summed E-state index contributed by atoms with van der Waals surface area (Å²) in [5.41, 5.74) is 1.62. The van der Waals surface area contributed by atoms with Crippen molar-refractivity contribution in [2.45, 2.75) is 39.5 Å². The van der Waals surface area contributed by atoms with E-state index in [0.29, 0.717) is 23.8 Å². The van der Waals surface area contributed by atoms with Gasteiger partial charge in [0.15, 0.2) is 0 Å². The average molecular weight is 250 g/mol. The van der Waals surface area contributed by atoms with E-state index in [1.165, 1.54) is 0 Å². The zero-order chi connectivity index (χ0) is 13.5. The summed E-state index contributed by atoms with van der Waals surface area (Å²) in [5, 5.41) is 0. The van der Waals surface area contributed by atoms with E-state index < -0.39 is 0 Å². The number of unbranched alkanes of at least 4 members (excludes halogenated alkanes) is 1. The fourth-order valence-corrected chi connectivity index (χ4v) is 1.63. The molecule has 1 rings (SSSR count). The Bertz CT molecular complexity index is 397. The molecule has 0 aliphatic rings. The molecule has 0 unspecified atom stereocenters. The van der Waals surface area contributed by atoms with Crippen molar-refractivity contribution in [1.29, 1.82) is 0 Å². The van der Waals surface area contributed by atoms with Gasteiger partial charge in [-0.2, -0.15) is 0 Å². The minimum atomic E-state index is -0.303. The van der Waals surface area contributed by atoms with Crippen molar-refractivity contribution in [1.82, 2.24) is 0 Å². The van der Waals surface area contributed by atoms with Crippen molar-refractivity contribution in [3.8, 4) is 5.75 Å². The molecular formula is C15H22O3. The Hall–Kier alpha value is -1.51. The van der Waals surface area contributed by atoms with E-state index >= 15 is 0 Å². The van der Waals surface area contributed by atoms with Gasteiger partial charge in [0.25, 0.3) is 0 Å². The molecule has 0 radical (unpaired) electrons. The van der Waals surface area contributed by atoms with Crippen LogP contribution in [0, 0.1) is 0 Å². The molecule has 100 valence electrons. The van der Waals surface area contributed by atoms with Crippen molar-refractivity contribution in [2.75, 3.05) is 13.7 Å². The second-order valence-electron chi connectivity index (χ2n) is 4.60. The van der Waals surface area contributed by atoms with Crippen LogP contribution in [0.3, 0.4) is 0 Å². The second-order valence-corrected chi connectivity index (χ2v) is 4.60. The Morgan fingerprint density at radius 1 is 1.33 bits per heavy atom. The standard InChI is InChI=1S/C15H22O3/c1-5-6-9-18-15(16)13-10-12(11(2)3)7-8-14(13)17-4/h7-8,10-11H,5-6,9H2,1-4H3. The third kappa shape index (κ3) is 3.76. The third-order valence-electron chi connectivity index (χ3n) is 2.84. The summed E-state index contributed by atoms with van der Waals surface area (Å²) in [7, 11) is 1.56. The maximum absolute atomic E-state index is 12.0. The molecule has 0 spiro atoms. The van der Waals surface area contributed by atoms with Gasteiger partial charge in [-0.15, -0.1) is 0 Å². The summed E-state index contributed by atoms with van der Waals surface area (Å²) in [6, 6.07) is 5.66. The van der Waals surface area contributed by atoms with E-state index in [4.69, 9.17) is 9.47 Å². The molecule has 0 aromatic heterocycles. The summed E-state index contributed by atoms with van der Waals surface area (Å²) in [4.78, 5) is 12.0. The molecule has 3 nitrogen and oxygen atoms in total. The van der Waals surface area contributed by atoms with E-state index in [1.807, 2.05) is 18.2 Å². The van der Waals surface area contributed by atoms with Gasteiger partial charge >= 0.3 is 5.97 Å². The zero-order valence-corrected chi connectivity index (χ0v) is 11.7. The number of carbonyl (C=O) groups is 1. The number of methoxy groups -OCH3 is 1. The highest BCUT2D eigenvalue weighted by Crippen LogP contribution is 2.24. The van der Waals surface area contributed by atoms with Crippen LogP contribution in [0.5, 0.6) is 5.75 Å². The molecule has 0 amide bonds. The first-order valence-electron chi connectivity index (χ1n) is 6.45. The number of rotatable bonds is 6. The summed E-state index contributed by atoms with van der Waals surface area (Å²) >= 11 is 0. The summed E-state index contributed by atoms with van der Waals surface area (Å²) in [5.74, 6) is 0.641. The van der Waals surface area contributed by atoms with E-state index in [1.54, 1.807) is 7.11 Å². The lowest BCUT2D eigenvalue weighted by atomic mass is 10.0. The molecule has 18 heavy (non-hydrogen) atoms. The topological polar surface area (TPSA) is 35.5 Å². The lowest BCUT2D eigenvalue weighted by Crippen LogP contribution is -2.09. The van der Waals surface area contributed by atoms with Crippen LogP contribution in [0.2, 0.25) is 0 Å². The van der Waals surface area contributed by atoms with Gasteiger partial charge in [-0.1, -0.05) is 33.3 Å². The lowest BCUT2D eigenvalue weighted by molar-refractivity contribution is 0.0496. The molecule has 0 saturated heterocycles. The summed E-state index contributed by atoms with van der Waals surface area (Å²) < 4.78 is 10.4. The molecule has 0 heterocycles. The van der Waals surface area contributed by atoms with Gasteiger partial charge in [0.2, 0.25) is 0 Å². The van der Waals surface area contributed by atoms with Gasteiger partial charge in [0.1, 0.15) is 11.3 Å². The average Bonchev–Trinajstić information content (AvgIpc) is 2.38. The Morgan fingerprint density at radius 2 is 2.06 bits per heavy atom. The van der Waals surface area contributed by atoms with Crippen molar-refractivity contribution >= 4 is 5.97 Å². The van der Waals surface area contributed by atoms with Crippen molar-refractivity contribution in [3.63, 3.8) is 0 Å². The minimum Gasteiger partial charge on any atom is -0.496 e. The zero-order valence-electron chi connectivity index (χ0n) is 11.7. The molecule has 0 saturated carbocycles. The molecule has 3 heteroatoms. The van der Waals surface area contributed by atoms with Crippen molar-refractivity contribution < 1.29 is 14.3 Å². The number of esters is 1. The molecule has 0 N–H and O–H groups in total. The monoisotopic (exact) mass is 250 g/mol. The first-order chi connectivity index (χ1) is 8.60. The number of carbonyl (C=O) groups excluding carboxylic acids is 1. The van der Waals surface area contributed by atoms with Gasteiger partial charge in [0, 0.05) is 0 Å². The Labute approximate surface area is 109 Å². The van der Waals surface area contributed by atoms with E-state index in [2.05, 4.69) is 20.8 Å². The van der Waals surface area contributed by atoms with Crippen LogP contribution in [0.4, 0.5) is 0 Å². The first-order valence-corrected chi connectivity index (χ1v) is 6.45. The Morgan fingerprint density at radius 3 is 2.61 bits per heavy atom. The van der Waals surface area contributed by atoms with Gasteiger partial charge < -0.3 is 9.47 Å². The smallest absolute Gasteiger partial charge is 0.341 e. The summed E-state index contributed by atoms with van der Waals surface area (Å²) in [6.07, 6.45) is 1.90. The van der Waals surface area contributed by atoms with Gasteiger partial charge in [-0.25, -0.2) is 4.79 Å². The minimum absolute atomic E-state index is 0.303. The molecule has 0 atom stereocenters. The van der Waals surface area contributed by atoms with Crippen LogP contribution < -0.4 is 4.74 Å². The maximum atomic E-state index is 12.0. The van der Waals surface area contributed by atoms with Crippen LogP contribution in [-0.2, 0) is 4.74 Å². The highest BCUT2D eigenvalue weighted by atomic mass is 16.5. The molecule has 0 bridgehead atoms. The molecule has 0 aliphatic carbocycles. The van der Waals surface area contributed by atoms with Crippen LogP contribution >= 0.6 is 0 Å². The Balaban J connectivity index is 2.89. The SMILES string of the molecule is CCCCOC(=O)c1cc(C(C)C)ccc1OC. The quantitative estimate of drug-likeness (QED) is 0.569. The maximum Gasteiger partial charge on any atom is 0.341 e. The van der Waals surface area contributed by atoms with Crippen molar-refractivity contribution in [3.05, 3.63) is 29.3 Å². The lowest BCUT2D eigenvalue weighted by Gasteiger charge is -2.12. The van der Waals surface area contributed by atoms with Gasteiger partial charge in [0.05, 0.1) is 13.7 Å². The fraction of sp³-hybridized carbons (Fsp3) is 0.533. The summed E-state index contributed by atoms with van der Waals surface area (Å²) in [6.45, 7) is 6.71. The van der Waals surface area contributed by atoms with E-state index in [0.717, 1.165) is 18.4 Å². The normalized spacial score (nSPS) is 10.5. The largest absolute Gasteiger partial charge is 0.496 e. The molecule has 0 fully saturated rings. The number of hydrogen-bond donors (Lipinski definition) is 0. The fourth-order valence-electron chi connectivity index (χ4n) is 1.63. The van der Waals surface area contributed by atoms with E-state index in [-0.39, 0.29) is 5.97 Å². The highest BCUT2D eigenvalue weighted by Gasteiger charge is 2.15. The van der Waals surface area contributed by atoms with Crippen LogP contribution in [0.1, 0.15) is 55.5 Å². The van der Waals surface area contributed by atoms with E-state index in [9.17, 15) is 4.79 Å². The second kappa shape index (κ2) is 7.04. The predicted octanol–water partition coefficient (Wildman–Crippen LogP) is 3.78. The van der Waals surface area contributed by atoms with Crippen molar-refractivity contribution in [2.24, 2.45) is 0 Å². The Kier molecular flexibility index (Phi) is 5.69. The highest BCUT2D eigenvalue weighted by molar-refractivity contribution is 5.92. The van der Waals surface area contributed by atoms with Gasteiger partial charge in [-0.05, 0) is 30.0 Å². The van der Waals surface area contributed by atoms with Crippen LogP contribution in [0.25, 0.3) is 0 Å². The third-order valence-corrected chi connectivity index (χ3v) is 2.84.